The average Bonchev–Trinajstić information content (AvgIpc) is 2.60. The van der Waals surface area contributed by atoms with E-state index in [9.17, 15) is 4.79 Å². The molecule has 0 radical (unpaired) electrons. The molecular formula is C18H15ClN2O3. The van der Waals surface area contributed by atoms with Crippen LogP contribution in [0.4, 0.5) is 0 Å². The number of nitrogens with zero attached hydrogens (tertiary/aromatic N) is 1. The molecule has 0 aliphatic heterocycles. The van der Waals surface area contributed by atoms with Gasteiger partial charge in [0.15, 0.2) is 11.5 Å². The molecular weight excluding hydrogens is 328 g/mol. The number of benzene rings is 2. The number of primary amides is 1. The summed E-state index contributed by atoms with van der Waals surface area (Å²) in [5, 5.41) is 1.49. The lowest BCUT2D eigenvalue weighted by atomic mass is 10.1. The van der Waals surface area contributed by atoms with E-state index in [-0.39, 0.29) is 17.9 Å². The molecule has 1 heterocycles. The summed E-state index contributed by atoms with van der Waals surface area (Å²) < 4.78 is 11.1. The van der Waals surface area contributed by atoms with Crippen LogP contribution in [0, 0.1) is 0 Å². The Morgan fingerprint density at radius 2 is 2.04 bits per heavy atom. The number of hydrogen-bond acceptors (Lipinski definition) is 4. The molecule has 6 heteroatoms. The fourth-order valence-corrected chi connectivity index (χ4v) is 2.69. The lowest BCUT2D eigenvalue weighted by Crippen LogP contribution is -2.13. The van der Waals surface area contributed by atoms with Gasteiger partial charge in [-0.2, -0.15) is 0 Å². The van der Waals surface area contributed by atoms with Crippen molar-refractivity contribution < 1.29 is 14.3 Å². The summed E-state index contributed by atoms with van der Waals surface area (Å²) in [6.45, 7) is 0.133. The molecule has 0 aliphatic rings. The minimum atomic E-state index is -0.592. The van der Waals surface area contributed by atoms with Crippen LogP contribution in [0.2, 0.25) is 5.02 Å². The first-order valence-corrected chi connectivity index (χ1v) is 7.61. The zero-order valence-corrected chi connectivity index (χ0v) is 13.7. The molecule has 5 nitrogen and oxygen atoms in total. The lowest BCUT2D eigenvalue weighted by molar-refractivity contribution is 0.0995. The van der Waals surface area contributed by atoms with Gasteiger partial charge in [0.2, 0.25) is 0 Å². The number of para-hydroxylation sites is 1. The summed E-state index contributed by atoms with van der Waals surface area (Å²) in [6, 6.07) is 12.5. The first kappa shape index (κ1) is 16.1. The third-order valence-electron chi connectivity index (χ3n) is 3.65. The van der Waals surface area contributed by atoms with Crippen molar-refractivity contribution in [2.75, 3.05) is 7.11 Å². The second-order valence-corrected chi connectivity index (χ2v) is 5.50. The van der Waals surface area contributed by atoms with Gasteiger partial charge in [0.05, 0.1) is 18.2 Å². The van der Waals surface area contributed by atoms with Gasteiger partial charge in [0.1, 0.15) is 6.61 Å². The van der Waals surface area contributed by atoms with E-state index in [0.717, 1.165) is 16.5 Å². The maximum Gasteiger partial charge on any atom is 0.252 e. The molecule has 0 spiro atoms. The third kappa shape index (κ3) is 2.98. The molecule has 3 aromatic rings. The Labute approximate surface area is 144 Å². The predicted molar refractivity (Wildman–Crippen MR) is 92.6 cm³/mol. The van der Waals surface area contributed by atoms with Crippen LogP contribution in [-0.4, -0.2) is 18.0 Å². The van der Waals surface area contributed by atoms with Gasteiger partial charge in [0.25, 0.3) is 5.91 Å². The Morgan fingerprint density at radius 3 is 2.79 bits per heavy atom. The number of halogens is 1. The number of fused-ring (bicyclic) bond motifs is 1. The summed E-state index contributed by atoms with van der Waals surface area (Å²) >= 11 is 6.30. The minimum Gasteiger partial charge on any atom is -0.493 e. The van der Waals surface area contributed by atoms with E-state index in [0.29, 0.717) is 10.8 Å². The van der Waals surface area contributed by atoms with Gasteiger partial charge in [-0.3, -0.25) is 9.78 Å². The van der Waals surface area contributed by atoms with Crippen LogP contribution in [0.15, 0.2) is 48.7 Å². The first-order chi connectivity index (χ1) is 11.6. The van der Waals surface area contributed by atoms with Crippen molar-refractivity contribution in [2.45, 2.75) is 6.61 Å². The van der Waals surface area contributed by atoms with Crippen molar-refractivity contribution in [3.8, 4) is 11.5 Å². The molecule has 0 bridgehead atoms. The Balaban J connectivity index is 2.01. The fourth-order valence-electron chi connectivity index (χ4n) is 2.48. The van der Waals surface area contributed by atoms with Crippen LogP contribution in [-0.2, 0) is 6.61 Å². The highest BCUT2D eigenvalue weighted by molar-refractivity contribution is 6.32. The van der Waals surface area contributed by atoms with Gasteiger partial charge in [-0.05, 0) is 24.3 Å². The van der Waals surface area contributed by atoms with E-state index in [1.165, 1.54) is 7.11 Å². The number of carbonyl (C=O) groups excluding carboxylic acids is 1. The van der Waals surface area contributed by atoms with E-state index in [1.54, 1.807) is 30.5 Å². The quantitative estimate of drug-likeness (QED) is 0.769. The smallest absolute Gasteiger partial charge is 0.252 e. The average molecular weight is 343 g/mol. The highest BCUT2D eigenvalue weighted by Crippen LogP contribution is 2.33. The van der Waals surface area contributed by atoms with Crippen LogP contribution in [0.1, 0.15) is 15.9 Å². The second kappa shape index (κ2) is 6.76. The largest absolute Gasteiger partial charge is 0.493 e. The Kier molecular flexibility index (Phi) is 4.53. The molecule has 0 unspecified atom stereocenters. The van der Waals surface area contributed by atoms with E-state index in [1.807, 2.05) is 18.2 Å². The van der Waals surface area contributed by atoms with Crippen molar-refractivity contribution in [3.63, 3.8) is 0 Å². The van der Waals surface area contributed by atoms with Gasteiger partial charge >= 0.3 is 0 Å². The van der Waals surface area contributed by atoms with E-state index < -0.39 is 5.91 Å². The summed E-state index contributed by atoms with van der Waals surface area (Å²) in [4.78, 5) is 16.0. The highest BCUT2D eigenvalue weighted by Gasteiger charge is 2.16. The van der Waals surface area contributed by atoms with Crippen LogP contribution in [0.5, 0.6) is 11.5 Å². The topological polar surface area (TPSA) is 74.4 Å². The summed E-state index contributed by atoms with van der Waals surface area (Å²) in [6.07, 6.45) is 1.69. The number of rotatable bonds is 5. The highest BCUT2D eigenvalue weighted by atomic mass is 35.5. The normalized spacial score (nSPS) is 10.6. The van der Waals surface area contributed by atoms with Crippen LogP contribution < -0.4 is 15.2 Å². The number of methoxy groups -OCH3 is 1. The monoisotopic (exact) mass is 342 g/mol. The molecule has 1 aromatic heterocycles. The second-order valence-electron chi connectivity index (χ2n) is 5.09. The summed E-state index contributed by atoms with van der Waals surface area (Å²) in [7, 11) is 1.50. The molecule has 0 atom stereocenters. The SMILES string of the molecule is COc1cccc(C(N)=O)c1OCc1c(Cl)ccc2cccnc12. The van der Waals surface area contributed by atoms with Crippen molar-refractivity contribution in [1.29, 1.82) is 0 Å². The minimum absolute atomic E-state index is 0.133. The fraction of sp³-hybridized carbons (Fsp3) is 0.111. The molecule has 2 N–H and O–H groups in total. The molecule has 3 rings (SSSR count). The van der Waals surface area contributed by atoms with Crippen molar-refractivity contribution in [3.05, 3.63) is 64.8 Å². The Bertz CT molecular complexity index is 912. The van der Waals surface area contributed by atoms with Gasteiger partial charge in [-0.15, -0.1) is 0 Å². The third-order valence-corrected chi connectivity index (χ3v) is 4.00. The molecule has 1 amide bonds. The number of amides is 1. The molecule has 0 saturated heterocycles. The molecule has 0 aliphatic carbocycles. The molecule has 2 aromatic carbocycles. The number of ether oxygens (including phenoxy) is 2. The van der Waals surface area contributed by atoms with Crippen molar-refractivity contribution in [2.24, 2.45) is 5.73 Å². The summed E-state index contributed by atoms with van der Waals surface area (Å²) in [5.41, 5.74) is 7.15. The first-order valence-electron chi connectivity index (χ1n) is 7.23. The van der Waals surface area contributed by atoms with E-state index in [4.69, 9.17) is 26.8 Å². The lowest BCUT2D eigenvalue weighted by Gasteiger charge is -2.15. The molecule has 24 heavy (non-hydrogen) atoms. The predicted octanol–water partition coefficient (Wildman–Crippen LogP) is 3.57. The van der Waals surface area contributed by atoms with Crippen LogP contribution >= 0.6 is 11.6 Å². The molecule has 122 valence electrons. The van der Waals surface area contributed by atoms with Gasteiger partial charge < -0.3 is 15.2 Å². The number of aromatic nitrogens is 1. The van der Waals surface area contributed by atoms with Gasteiger partial charge in [-0.25, -0.2) is 0 Å². The number of pyridine rings is 1. The zero-order chi connectivity index (χ0) is 17.1. The number of hydrogen-bond donors (Lipinski definition) is 1. The molecule has 0 saturated carbocycles. The maximum atomic E-state index is 11.6. The molecule has 0 fully saturated rings. The van der Waals surface area contributed by atoms with Crippen molar-refractivity contribution >= 4 is 28.4 Å². The zero-order valence-electron chi connectivity index (χ0n) is 13.0. The Hall–Kier alpha value is -2.79. The summed E-state index contributed by atoms with van der Waals surface area (Å²) in [5.74, 6) is 0.123. The van der Waals surface area contributed by atoms with Gasteiger partial charge in [-0.1, -0.05) is 29.8 Å². The van der Waals surface area contributed by atoms with E-state index in [2.05, 4.69) is 4.98 Å². The van der Waals surface area contributed by atoms with E-state index >= 15 is 0 Å². The van der Waals surface area contributed by atoms with Crippen LogP contribution in [0.3, 0.4) is 0 Å². The van der Waals surface area contributed by atoms with Crippen LogP contribution in [0.25, 0.3) is 10.9 Å². The maximum absolute atomic E-state index is 11.6. The standard InChI is InChI=1S/C18H15ClN2O3/c1-23-15-6-2-5-12(18(20)22)17(15)24-10-13-14(19)8-7-11-4-3-9-21-16(11)13/h2-9H,10H2,1H3,(H2,20,22). The number of carbonyl (C=O) groups is 1. The number of nitrogens with two attached hydrogens (primary N) is 1. The van der Waals surface area contributed by atoms with Crippen molar-refractivity contribution in [1.82, 2.24) is 4.98 Å². The van der Waals surface area contributed by atoms with Gasteiger partial charge in [0, 0.05) is 22.2 Å². The Morgan fingerprint density at radius 1 is 1.21 bits per heavy atom.